The van der Waals surface area contributed by atoms with E-state index in [0.717, 1.165) is 42.3 Å². The fourth-order valence-corrected chi connectivity index (χ4v) is 6.64. The number of halogens is 2. The van der Waals surface area contributed by atoms with Gasteiger partial charge in [-0.2, -0.15) is 0 Å². The molecular weight excluding hydrogens is 589 g/mol. The van der Waals surface area contributed by atoms with Crippen LogP contribution >= 0.6 is 46.0 Å². The summed E-state index contributed by atoms with van der Waals surface area (Å²) >= 11 is 10.3. The summed E-state index contributed by atoms with van der Waals surface area (Å²) < 4.78 is 7.65. The van der Waals surface area contributed by atoms with Crippen molar-refractivity contribution in [1.82, 2.24) is 24.5 Å². The molecule has 2 atom stereocenters. The van der Waals surface area contributed by atoms with Gasteiger partial charge in [0.2, 0.25) is 0 Å². The number of nitrogens with zero attached hydrogens (tertiary/aromatic N) is 6. The zero-order valence-electron chi connectivity index (χ0n) is 18.6. The monoisotopic (exact) mass is 613 g/mol. The van der Waals surface area contributed by atoms with E-state index in [1.165, 1.54) is 11.8 Å². The molecule has 3 N–H and O–H groups in total. The fourth-order valence-electron chi connectivity index (χ4n) is 4.51. The molecule has 1 spiro atoms. The molecule has 0 amide bonds. The number of aliphatic hydroxyl groups is 1. The minimum Gasteiger partial charge on any atom is -0.390 e. The molecule has 180 valence electrons. The molecule has 5 rings (SSSR count). The smallest absolute Gasteiger partial charge is 0.157 e. The van der Waals surface area contributed by atoms with Crippen LogP contribution in [0.4, 0.5) is 5.82 Å². The van der Waals surface area contributed by atoms with E-state index in [1.54, 1.807) is 29.5 Å². The van der Waals surface area contributed by atoms with E-state index in [2.05, 4.69) is 37.5 Å². The van der Waals surface area contributed by atoms with Gasteiger partial charge in [-0.1, -0.05) is 23.4 Å². The normalized spacial score (nSPS) is 22.0. The number of aliphatic hydroxyl groups excluding tert-OH is 1. The molecule has 34 heavy (non-hydrogen) atoms. The zero-order chi connectivity index (χ0) is 23.9. The number of nitrogens with two attached hydrogens (primary N) is 1. The van der Waals surface area contributed by atoms with Crippen LogP contribution in [-0.4, -0.2) is 59.5 Å². The van der Waals surface area contributed by atoms with Crippen LogP contribution in [0.2, 0.25) is 5.02 Å². The number of aromatic nitrogens is 5. The number of imidazole rings is 1. The lowest BCUT2D eigenvalue weighted by Gasteiger charge is -2.41. The number of hydrogen-bond acceptors (Lipinski definition) is 9. The van der Waals surface area contributed by atoms with Crippen LogP contribution in [0.3, 0.4) is 0 Å². The number of aryl methyl sites for hydroxylation is 1. The second-order valence-corrected chi connectivity index (χ2v) is 11.2. The molecule has 3 aromatic heterocycles. The van der Waals surface area contributed by atoms with E-state index < -0.39 is 0 Å². The number of anilines is 1. The Morgan fingerprint density at radius 3 is 2.74 bits per heavy atom. The third-order valence-electron chi connectivity index (χ3n) is 6.60. The van der Waals surface area contributed by atoms with Crippen molar-refractivity contribution in [3.05, 3.63) is 47.4 Å². The molecule has 2 aliphatic rings. The summed E-state index contributed by atoms with van der Waals surface area (Å²) in [5, 5.41) is 11.3. The highest BCUT2D eigenvalue weighted by Gasteiger charge is 2.48. The van der Waals surface area contributed by atoms with Crippen LogP contribution < -0.4 is 10.6 Å². The van der Waals surface area contributed by atoms with Gasteiger partial charge in [-0.25, -0.2) is 19.9 Å². The Morgan fingerprint density at radius 1 is 1.29 bits per heavy atom. The van der Waals surface area contributed by atoms with Crippen LogP contribution in [0.15, 0.2) is 40.9 Å². The largest absolute Gasteiger partial charge is 0.390 e. The first kappa shape index (κ1) is 24.2. The van der Waals surface area contributed by atoms with Gasteiger partial charge in [0.15, 0.2) is 11.6 Å². The molecule has 0 aliphatic carbocycles. The highest BCUT2D eigenvalue weighted by atomic mass is 127. The van der Waals surface area contributed by atoms with Crippen molar-refractivity contribution in [3.63, 3.8) is 0 Å². The van der Waals surface area contributed by atoms with Crippen molar-refractivity contribution in [1.29, 1.82) is 0 Å². The predicted molar refractivity (Wildman–Crippen MR) is 139 cm³/mol. The van der Waals surface area contributed by atoms with E-state index in [-0.39, 0.29) is 22.2 Å². The van der Waals surface area contributed by atoms with Crippen LogP contribution in [-0.2, 0) is 11.3 Å². The summed E-state index contributed by atoms with van der Waals surface area (Å²) in [6.07, 6.45) is 8.68. The number of pyridine rings is 1. The van der Waals surface area contributed by atoms with E-state index >= 15 is 0 Å². The van der Waals surface area contributed by atoms with Gasteiger partial charge in [0.1, 0.15) is 21.2 Å². The van der Waals surface area contributed by atoms with Crippen LogP contribution in [0, 0.1) is 12.3 Å². The quantitative estimate of drug-likeness (QED) is 0.330. The SMILES string of the molecule is Cc1nc(N2CCC3(CC2)CO[C@@H](I)[C@H]3N)c(CO)nc1Sc1ccnc(-n2ccnc2)c1Cl. The lowest BCUT2D eigenvalue weighted by Crippen LogP contribution is -2.50. The summed E-state index contributed by atoms with van der Waals surface area (Å²) in [5.41, 5.74) is 7.81. The maximum atomic E-state index is 10.1. The molecule has 2 aliphatic heterocycles. The number of ether oxygens (including phenoxy) is 1. The first-order chi connectivity index (χ1) is 16.4. The second kappa shape index (κ2) is 9.86. The van der Waals surface area contributed by atoms with Gasteiger partial charge in [-0.3, -0.25) is 4.57 Å². The van der Waals surface area contributed by atoms with Crippen LogP contribution in [0.1, 0.15) is 24.2 Å². The lowest BCUT2D eigenvalue weighted by atomic mass is 9.75. The summed E-state index contributed by atoms with van der Waals surface area (Å²) in [6.45, 7) is 4.05. The van der Waals surface area contributed by atoms with E-state index in [4.69, 9.17) is 32.0 Å². The Balaban J connectivity index is 1.38. The van der Waals surface area contributed by atoms with Gasteiger partial charge in [-0.15, -0.1) is 0 Å². The number of alkyl halides is 1. The molecular formula is C22H25ClIN7O2S. The molecule has 0 unspecified atom stereocenters. The second-order valence-electron chi connectivity index (χ2n) is 8.60. The maximum Gasteiger partial charge on any atom is 0.157 e. The van der Waals surface area contributed by atoms with Gasteiger partial charge in [0.25, 0.3) is 0 Å². The van der Waals surface area contributed by atoms with Crippen molar-refractivity contribution >= 4 is 51.8 Å². The first-order valence-electron chi connectivity index (χ1n) is 11.0. The molecule has 0 aromatic carbocycles. The number of hydrogen-bond donors (Lipinski definition) is 2. The summed E-state index contributed by atoms with van der Waals surface area (Å²) in [6, 6.07) is 1.88. The van der Waals surface area contributed by atoms with E-state index in [9.17, 15) is 5.11 Å². The van der Waals surface area contributed by atoms with Gasteiger partial charge < -0.3 is 20.5 Å². The molecule has 3 aromatic rings. The Morgan fingerprint density at radius 2 is 2.09 bits per heavy atom. The number of piperidine rings is 1. The topological polar surface area (TPSA) is 115 Å². The van der Waals surface area contributed by atoms with Gasteiger partial charge in [-0.05, 0) is 48.4 Å². The molecule has 0 radical (unpaired) electrons. The average molecular weight is 614 g/mol. The van der Waals surface area contributed by atoms with E-state index in [0.29, 0.717) is 28.2 Å². The Hall–Kier alpha value is -1.51. The van der Waals surface area contributed by atoms with Crippen molar-refractivity contribution < 1.29 is 9.84 Å². The molecule has 0 saturated carbocycles. The third kappa shape index (κ3) is 4.42. The van der Waals surface area contributed by atoms with Gasteiger partial charge in [0.05, 0.1) is 23.9 Å². The van der Waals surface area contributed by atoms with Crippen molar-refractivity contribution in [3.8, 4) is 5.82 Å². The van der Waals surface area contributed by atoms with Gasteiger partial charge in [0, 0.05) is 48.0 Å². The molecule has 2 fully saturated rings. The minimum atomic E-state index is -0.194. The fraction of sp³-hybridized carbons (Fsp3) is 0.455. The molecule has 0 bridgehead atoms. The molecule has 5 heterocycles. The zero-order valence-corrected chi connectivity index (χ0v) is 22.3. The Bertz CT molecular complexity index is 1170. The van der Waals surface area contributed by atoms with Gasteiger partial charge >= 0.3 is 0 Å². The summed E-state index contributed by atoms with van der Waals surface area (Å²) in [4.78, 5) is 21.1. The third-order valence-corrected chi connectivity index (χ3v) is 9.36. The Labute approximate surface area is 220 Å². The van der Waals surface area contributed by atoms with E-state index in [1.807, 2.05) is 13.0 Å². The summed E-state index contributed by atoms with van der Waals surface area (Å²) in [7, 11) is 0. The molecule has 9 nitrogen and oxygen atoms in total. The van der Waals surface area contributed by atoms with Crippen molar-refractivity contribution in [2.75, 3.05) is 24.6 Å². The Kier molecular flexibility index (Phi) is 7.02. The highest BCUT2D eigenvalue weighted by molar-refractivity contribution is 14.1. The maximum absolute atomic E-state index is 10.1. The summed E-state index contributed by atoms with van der Waals surface area (Å²) in [5.74, 6) is 1.33. The van der Waals surface area contributed by atoms with Crippen molar-refractivity contribution in [2.45, 2.75) is 46.4 Å². The molecule has 2 saturated heterocycles. The average Bonchev–Trinajstić information content (AvgIpc) is 3.47. The predicted octanol–water partition coefficient (Wildman–Crippen LogP) is 3.37. The number of rotatable bonds is 5. The van der Waals surface area contributed by atoms with Crippen LogP contribution in [0.25, 0.3) is 5.82 Å². The highest BCUT2D eigenvalue weighted by Crippen LogP contribution is 2.44. The lowest BCUT2D eigenvalue weighted by molar-refractivity contribution is 0.127. The van der Waals surface area contributed by atoms with Crippen LogP contribution in [0.5, 0.6) is 0 Å². The van der Waals surface area contributed by atoms with Crippen molar-refractivity contribution in [2.24, 2.45) is 11.1 Å². The first-order valence-corrected chi connectivity index (χ1v) is 13.4. The molecule has 12 heteroatoms. The minimum absolute atomic E-state index is 0.0189. The standard InChI is InChI=1S/C22H25ClIN7O2S/c1-13-21(34-15-2-5-27-20(16(15)23)31-9-6-26-12-31)29-14(10-32)19(28-13)30-7-3-22(4-8-30)11-33-18(24)17(22)25/h2,5-6,9,12,17-18,32H,3-4,7-8,10-11,25H2,1H3/t17-,18-/m1/s1.